The first-order valence-electron chi connectivity index (χ1n) is 7.18. The maximum atomic E-state index is 13.1. The van der Waals surface area contributed by atoms with E-state index in [2.05, 4.69) is 15.5 Å². The van der Waals surface area contributed by atoms with E-state index in [0.717, 1.165) is 6.07 Å². The zero-order chi connectivity index (χ0) is 18.0. The molecule has 0 radical (unpaired) electrons. The number of aromatic nitrogens is 3. The van der Waals surface area contributed by atoms with Crippen LogP contribution in [0, 0.1) is 12.7 Å². The monoisotopic (exact) mass is 362 g/mol. The van der Waals surface area contributed by atoms with Gasteiger partial charge in [0.2, 0.25) is 5.91 Å². The molecular weight excluding hydrogens is 351 g/mol. The van der Waals surface area contributed by atoms with Crippen LogP contribution in [-0.4, -0.2) is 20.6 Å². The van der Waals surface area contributed by atoms with E-state index in [0.29, 0.717) is 17.1 Å². The van der Waals surface area contributed by atoms with Gasteiger partial charge in [-0.15, -0.1) is 0 Å². The van der Waals surface area contributed by atoms with Gasteiger partial charge >= 0.3 is 0 Å². The Bertz CT molecular complexity index is 999. The molecule has 0 aliphatic heterocycles. The normalized spacial score (nSPS) is 10.7. The number of hydrogen-bond donors (Lipinski definition) is 1. The summed E-state index contributed by atoms with van der Waals surface area (Å²) in [6.07, 6.45) is 1.45. The van der Waals surface area contributed by atoms with Crippen molar-refractivity contribution in [3.8, 4) is 11.5 Å². The third-order valence-electron chi connectivity index (χ3n) is 3.28. The third kappa shape index (κ3) is 3.92. The van der Waals surface area contributed by atoms with Gasteiger partial charge in [-0.25, -0.2) is 4.39 Å². The number of rotatable bonds is 4. The van der Waals surface area contributed by atoms with Crippen LogP contribution in [0.3, 0.4) is 0 Å². The van der Waals surface area contributed by atoms with E-state index >= 15 is 0 Å². The fourth-order valence-corrected chi connectivity index (χ4v) is 2.31. The van der Waals surface area contributed by atoms with Crippen molar-refractivity contribution in [2.75, 3.05) is 5.32 Å². The molecule has 25 heavy (non-hydrogen) atoms. The highest BCUT2D eigenvalue weighted by Crippen LogP contribution is 2.19. The zero-order valence-electron chi connectivity index (χ0n) is 13.0. The molecule has 0 saturated carbocycles. The van der Waals surface area contributed by atoms with E-state index < -0.39 is 11.7 Å². The van der Waals surface area contributed by atoms with Gasteiger partial charge in [0, 0.05) is 18.0 Å². The SMILES string of the molecule is Cc1noc(-c2ccc(=O)n(CC(=O)Nc3ccc(F)c(Cl)c3)c2)n1. The minimum absolute atomic E-state index is 0.108. The van der Waals surface area contributed by atoms with Crippen molar-refractivity contribution in [2.45, 2.75) is 13.5 Å². The van der Waals surface area contributed by atoms with Gasteiger partial charge in [0.05, 0.1) is 10.6 Å². The first-order valence-corrected chi connectivity index (χ1v) is 7.56. The Labute approximate surface area is 146 Å². The minimum atomic E-state index is -0.585. The second-order valence-corrected chi connectivity index (χ2v) is 5.61. The topological polar surface area (TPSA) is 90.0 Å². The van der Waals surface area contributed by atoms with Crippen LogP contribution in [-0.2, 0) is 11.3 Å². The lowest BCUT2D eigenvalue weighted by Crippen LogP contribution is -2.26. The number of nitrogens with zero attached hydrogens (tertiary/aromatic N) is 3. The molecule has 1 amide bonds. The van der Waals surface area contributed by atoms with E-state index in [4.69, 9.17) is 16.1 Å². The zero-order valence-corrected chi connectivity index (χ0v) is 13.7. The van der Waals surface area contributed by atoms with Crippen LogP contribution in [0.15, 0.2) is 45.8 Å². The molecule has 128 valence electrons. The van der Waals surface area contributed by atoms with Crippen molar-refractivity contribution >= 4 is 23.2 Å². The highest BCUT2D eigenvalue weighted by atomic mass is 35.5. The molecule has 0 saturated heterocycles. The summed E-state index contributed by atoms with van der Waals surface area (Å²) in [4.78, 5) is 28.1. The average molecular weight is 363 g/mol. The fourth-order valence-electron chi connectivity index (χ4n) is 2.12. The lowest BCUT2D eigenvalue weighted by Gasteiger charge is -2.08. The van der Waals surface area contributed by atoms with Gasteiger partial charge in [0.15, 0.2) is 5.82 Å². The Morgan fingerprint density at radius 1 is 1.36 bits per heavy atom. The Morgan fingerprint density at radius 3 is 2.84 bits per heavy atom. The predicted octanol–water partition coefficient (Wildman–Crippen LogP) is 2.64. The molecule has 2 heterocycles. The van der Waals surface area contributed by atoms with E-state index in [9.17, 15) is 14.0 Å². The van der Waals surface area contributed by atoms with Gasteiger partial charge in [0.25, 0.3) is 11.4 Å². The first-order chi connectivity index (χ1) is 11.9. The molecule has 9 heteroatoms. The van der Waals surface area contributed by atoms with Crippen molar-refractivity contribution in [1.82, 2.24) is 14.7 Å². The number of hydrogen-bond acceptors (Lipinski definition) is 5. The second-order valence-electron chi connectivity index (χ2n) is 5.21. The summed E-state index contributed by atoms with van der Waals surface area (Å²) in [5.41, 5.74) is 0.471. The van der Waals surface area contributed by atoms with Crippen LogP contribution in [0.25, 0.3) is 11.5 Å². The Hall–Kier alpha value is -3.00. The van der Waals surface area contributed by atoms with E-state index in [-0.39, 0.29) is 23.0 Å². The maximum Gasteiger partial charge on any atom is 0.259 e. The molecule has 1 aromatic carbocycles. The molecule has 3 rings (SSSR count). The Kier molecular flexibility index (Phi) is 4.62. The molecule has 7 nitrogen and oxygen atoms in total. The summed E-state index contributed by atoms with van der Waals surface area (Å²) in [7, 11) is 0. The number of carbonyl (C=O) groups excluding carboxylic acids is 1. The number of benzene rings is 1. The molecule has 2 aromatic heterocycles. The van der Waals surface area contributed by atoms with Crippen LogP contribution in [0.5, 0.6) is 0 Å². The lowest BCUT2D eigenvalue weighted by molar-refractivity contribution is -0.116. The molecule has 0 unspecified atom stereocenters. The highest BCUT2D eigenvalue weighted by Gasteiger charge is 2.11. The molecule has 0 bridgehead atoms. The van der Waals surface area contributed by atoms with E-state index in [1.165, 1.54) is 35.0 Å². The van der Waals surface area contributed by atoms with Gasteiger partial charge in [-0.2, -0.15) is 4.98 Å². The summed E-state index contributed by atoms with van der Waals surface area (Å²) < 4.78 is 19.4. The van der Waals surface area contributed by atoms with Crippen LogP contribution >= 0.6 is 11.6 Å². The number of pyridine rings is 1. The number of carbonyl (C=O) groups is 1. The van der Waals surface area contributed by atoms with Gasteiger partial charge in [-0.1, -0.05) is 16.8 Å². The smallest absolute Gasteiger partial charge is 0.259 e. The van der Waals surface area contributed by atoms with Crippen LogP contribution in [0.1, 0.15) is 5.82 Å². The molecule has 0 atom stereocenters. The fraction of sp³-hybridized carbons (Fsp3) is 0.125. The van der Waals surface area contributed by atoms with Gasteiger partial charge in [-0.05, 0) is 31.2 Å². The number of anilines is 1. The molecule has 0 aliphatic carbocycles. The molecule has 3 aromatic rings. The Balaban J connectivity index is 1.78. The minimum Gasteiger partial charge on any atom is -0.334 e. The Morgan fingerprint density at radius 2 is 2.16 bits per heavy atom. The van der Waals surface area contributed by atoms with Crippen molar-refractivity contribution in [2.24, 2.45) is 0 Å². The quantitative estimate of drug-likeness (QED) is 0.770. The summed E-state index contributed by atoms with van der Waals surface area (Å²) in [5.74, 6) is -0.349. The number of aryl methyl sites for hydroxylation is 1. The standard InChI is InChI=1S/C16H12ClFN4O3/c1-9-19-16(25-21-9)10-2-5-15(24)22(7-10)8-14(23)20-11-3-4-13(18)12(17)6-11/h2-7H,8H2,1H3,(H,20,23). The van der Waals surface area contributed by atoms with Crippen molar-refractivity contribution in [3.63, 3.8) is 0 Å². The predicted molar refractivity (Wildman–Crippen MR) is 88.8 cm³/mol. The molecular formula is C16H12ClFN4O3. The van der Waals surface area contributed by atoms with Crippen LogP contribution < -0.4 is 10.9 Å². The molecule has 0 aliphatic rings. The third-order valence-corrected chi connectivity index (χ3v) is 3.56. The molecule has 0 fully saturated rings. The maximum absolute atomic E-state index is 13.1. The number of amides is 1. The van der Waals surface area contributed by atoms with Crippen LogP contribution in [0.2, 0.25) is 5.02 Å². The van der Waals surface area contributed by atoms with Gasteiger partial charge in [0.1, 0.15) is 12.4 Å². The molecule has 0 spiro atoms. The summed E-state index contributed by atoms with van der Waals surface area (Å²) in [6.45, 7) is 1.43. The summed E-state index contributed by atoms with van der Waals surface area (Å²) in [6, 6.07) is 6.64. The van der Waals surface area contributed by atoms with Gasteiger partial charge in [-0.3, -0.25) is 9.59 Å². The number of halogens is 2. The number of nitrogens with one attached hydrogen (secondary N) is 1. The second kappa shape index (κ2) is 6.86. The van der Waals surface area contributed by atoms with Crippen molar-refractivity contribution in [1.29, 1.82) is 0 Å². The average Bonchev–Trinajstić information content (AvgIpc) is 2.99. The lowest BCUT2D eigenvalue weighted by atomic mass is 10.2. The summed E-state index contributed by atoms with van der Waals surface area (Å²) >= 11 is 5.67. The van der Waals surface area contributed by atoms with Crippen molar-refractivity contribution in [3.05, 3.63) is 63.5 Å². The van der Waals surface area contributed by atoms with Crippen LogP contribution in [0.4, 0.5) is 10.1 Å². The van der Waals surface area contributed by atoms with E-state index in [1.54, 1.807) is 6.92 Å². The first kappa shape index (κ1) is 16.8. The summed E-state index contributed by atoms with van der Waals surface area (Å²) in [5, 5.41) is 6.12. The van der Waals surface area contributed by atoms with Gasteiger partial charge < -0.3 is 14.4 Å². The largest absolute Gasteiger partial charge is 0.334 e. The highest BCUT2D eigenvalue weighted by molar-refractivity contribution is 6.31. The molecule has 1 N–H and O–H groups in total. The van der Waals surface area contributed by atoms with E-state index in [1.807, 2.05) is 0 Å². The van der Waals surface area contributed by atoms with Crippen molar-refractivity contribution < 1.29 is 13.7 Å².